The van der Waals surface area contributed by atoms with Crippen LogP contribution in [0.3, 0.4) is 0 Å². The second-order valence-corrected chi connectivity index (χ2v) is 5.03. The summed E-state index contributed by atoms with van der Waals surface area (Å²) in [5.74, 6) is 0.751. The predicted molar refractivity (Wildman–Crippen MR) is 83.3 cm³/mol. The van der Waals surface area contributed by atoms with Crippen molar-refractivity contribution in [2.75, 3.05) is 5.73 Å². The van der Waals surface area contributed by atoms with E-state index in [2.05, 4.69) is 0 Å². The maximum absolute atomic E-state index is 11.3. The Bertz CT molecular complexity index is 633. The lowest BCUT2D eigenvalue weighted by atomic mass is 10.3. The first-order valence-corrected chi connectivity index (χ1v) is 6.98. The Balaban J connectivity index is 2.24. The van der Waals surface area contributed by atoms with Gasteiger partial charge in [0.25, 0.3) is 0 Å². The minimum atomic E-state index is -0.366. The number of benzene rings is 2. The van der Waals surface area contributed by atoms with E-state index < -0.39 is 0 Å². The van der Waals surface area contributed by atoms with Crippen LogP contribution in [0.2, 0.25) is 10.0 Å². The van der Waals surface area contributed by atoms with Crippen LogP contribution in [0.25, 0.3) is 0 Å². The molecule has 2 rings (SSSR count). The molecule has 0 atom stereocenters. The minimum Gasteiger partial charge on any atom is -0.454 e. The zero-order valence-corrected chi connectivity index (χ0v) is 12.7. The van der Waals surface area contributed by atoms with Crippen LogP contribution in [-0.4, -0.2) is 5.97 Å². The van der Waals surface area contributed by atoms with Gasteiger partial charge in [-0.1, -0.05) is 30.1 Å². The van der Waals surface area contributed by atoms with Gasteiger partial charge in [-0.25, -0.2) is 0 Å². The molecule has 0 aliphatic carbocycles. The lowest BCUT2D eigenvalue weighted by Gasteiger charge is -2.11. The molecule has 0 saturated carbocycles. The monoisotopic (exact) mass is 325 g/mol. The summed E-state index contributed by atoms with van der Waals surface area (Å²) in [5.41, 5.74) is 6.23. The van der Waals surface area contributed by atoms with Crippen LogP contribution in [0.1, 0.15) is 13.3 Å². The second-order valence-electron chi connectivity index (χ2n) is 4.21. The van der Waals surface area contributed by atoms with E-state index in [0.717, 1.165) is 0 Å². The van der Waals surface area contributed by atoms with Crippen molar-refractivity contribution in [1.82, 2.24) is 0 Å². The summed E-state index contributed by atoms with van der Waals surface area (Å²) >= 11 is 12.2. The summed E-state index contributed by atoms with van der Waals surface area (Å²) in [6.45, 7) is 1.70. The molecule has 0 heterocycles. The first-order valence-electron chi connectivity index (χ1n) is 6.22. The molecule has 6 heteroatoms. The van der Waals surface area contributed by atoms with Crippen LogP contribution in [0.5, 0.6) is 17.2 Å². The summed E-state index contributed by atoms with van der Waals surface area (Å²) in [6, 6.07) is 9.77. The van der Waals surface area contributed by atoms with Crippen molar-refractivity contribution in [3.8, 4) is 17.2 Å². The summed E-state index contributed by atoms with van der Waals surface area (Å²) in [5, 5.41) is 0.497. The summed E-state index contributed by atoms with van der Waals surface area (Å²) in [7, 11) is 0. The first-order chi connectivity index (χ1) is 9.99. The van der Waals surface area contributed by atoms with E-state index >= 15 is 0 Å². The predicted octanol–water partition coefficient (Wildman–Crippen LogP) is 4.68. The number of esters is 1. The van der Waals surface area contributed by atoms with Crippen LogP contribution in [0.15, 0.2) is 36.4 Å². The van der Waals surface area contributed by atoms with Gasteiger partial charge in [-0.15, -0.1) is 0 Å². The Morgan fingerprint density at radius 3 is 2.19 bits per heavy atom. The highest BCUT2D eigenvalue weighted by atomic mass is 35.5. The van der Waals surface area contributed by atoms with E-state index in [9.17, 15) is 4.79 Å². The zero-order chi connectivity index (χ0) is 15.4. The fourth-order valence-corrected chi connectivity index (χ4v) is 2.09. The van der Waals surface area contributed by atoms with Gasteiger partial charge in [-0.05, 0) is 24.3 Å². The molecule has 0 saturated heterocycles. The molecule has 2 aromatic rings. The van der Waals surface area contributed by atoms with Crippen molar-refractivity contribution >= 4 is 34.9 Å². The molecule has 0 fully saturated rings. The van der Waals surface area contributed by atoms with Gasteiger partial charge in [0.2, 0.25) is 0 Å². The molecule has 0 amide bonds. The molecular formula is C15H13Cl2NO3. The smallest absolute Gasteiger partial charge is 0.310 e. The average Bonchev–Trinajstić information content (AvgIpc) is 2.44. The van der Waals surface area contributed by atoms with E-state index in [-0.39, 0.29) is 28.2 Å². The number of nitrogens with two attached hydrogens (primary N) is 1. The molecule has 0 unspecified atom stereocenters. The molecule has 0 spiro atoms. The van der Waals surface area contributed by atoms with Gasteiger partial charge < -0.3 is 15.2 Å². The quantitative estimate of drug-likeness (QED) is 0.503. The molecular weight excluding hydrogens is 313 g/mol. The number of rotatable bonds is 4. The Labute approximate surface area is 132 Å². The highest BCUT2D eigenvalue weighted by molar-refractivity contribution is 6.37. The van der Waals surface area contributed by atoms with Gasteiger partial charge >= 0.3 is 5.97 Å². The van der Waals surface area contributed by atoms with E-state index in [1.165, 1.54) is 12.1 Å². The van der Waals surface area contributed by atoms with E-state index in [1.807, 2.05) is 0 Å². The van der Waals surface area contributed by atoms with Crippen molar-refractivity contribution < 1.29 is 14.3 Å². The number of halogens is 2. The Morgan fingerprint density at radius 1 is 1.10 bits per heavy atom. The molecule has 2 aromatic carbocycles. The lowest BCUT2D eigenvalue weighted by molar-refractivity contribution is -0.134. The Morgan fingerprint density at radius 2 is 1.67 bits per heavy atom. The zero-order valence-electron chi connectivity index (χ0n) is 11.2. The Hall–Kier alpha value is -1.91. The number of hydrogen-bond donors (Lipinski definition) is 1. The molecule has 0 aliphatic heterocycles. The largest absolute Gasteiger partial charge is 0.454 e. The van der Waals surface area contributed by atoms with Gasteiger partial charge in [-0.2, -0.15) is 0 Å². The molecule has 0 aromatic heterocycles. The maximum Gasteiger partial charge on any atom is 0.310 e. The number of carbonyl (C=O) groups is 1. The maximum atomic E-state index is 11.3. The number of ether oxygens (including phenoxy) is 2. The average molecular weight is 326 g/mol. The van der Waals surface area contributed by atoms with Gasteiger partial charge in [0.05, 0.1) is 10.0 Å². The normalized spacial score (nSPS) is 10.2. The van der Waals surface area contributed by atoms with Crippen molar-refractivity contribution in [2.45, 2.75) is 13.3 Å². The Kier molecular flexibility index (Phi) is 4.94. The summed E-state index contributed by atoms with van der Waals surface area (Å²) in [6.07, 6.45) is 0.263. The van der Waals surface area contributed by atoms with Crippen LogP contribution >= 0.6 is 23.2 Å². The van der Waals surface area contributed by atoms with Crippen LogP contribution < -0.4 is 15.2 Å². The third kappa shape index (κ3) is 4.03. The molecule has 0 bridgehead atoms. The highest BCUT2D eigenvalue weighted by Gasteiger charge is 2.13. The minimum absolute atomic E-state index is 0.248. The lowest BCUT2D eigenvalue weighted by Crippen LogP contribution is -2.05. The summed E-state index contributed by atoms with van der Waals surface area (Å²) < 4.78 is 10.7. The molecule has 0 radical (unpaired) electrons. The van der Waals surface area contributed by atoms with E-state index in [1.54, 1.807) is 31.2 Å². The van der Waals surface area contributed by atoms with Gasteiger partial charge in [0.1, 0.15) is 11.5 Å². The van der Waals surface area contributed by atoms with Gasteiger partial charge in [0.15, 0.2) is 5.75 Å². The van der Waals surface area contributed by atoms with Crippen LogP contribution in [0, 0.1) is 0 Å². The van der Waals surface area contributed by atoms with E-state index in [0.29, 0.717) is 17.2 Å². The van der Waals surface area contributed by atoms with Gasteiger partial charge in [-0.3, -0.25) is 4.79 Å². The molecule has 4 nitrogen and oxygen atoms in total. The fraction of sp³-hybridized carbons (Fsp3) is 0.133. The molecule has 2 N–H and O–H groups in total. The highest BCUT2D eigenvalue weighted by Crippen LogP contribution is 2.39. The third-order valence-corrected chi connectivity index (χ3v) is 3.15. The molecule has 21 heavy (non-hydrogen) atoms. The topological polar surface area (TPSA) is 61.5 Å². The van der Waals surface area contributed by atoms with Crippen LogP contribution in [0.4, 0.5) is 5.69 Å². The number of nitrogen functional groups attached to an aromatic ring is 1. The number of carbonyl (C=O) groups excluding carboxylic acids is 1. The van der Waals surface area contributed by atoms with Gasteiger partial charge in [0, 0.05) is 24.2 Å². The first kappa shape index (κ1) is 15.5. The van der Waals surface area contributed by atoms with Crippen molar-refractivity contribution in [3.63, 3.8) is 0 Å². The fourth-order valence-electron chi connectivity index (χ4n) is 1.55. The number of anilines is 1. The van der Waals surface area contributed by atoms with Crippen molar-refractivity contribution in [3.05, 3.63) is 46.4 Å². The number of hydrogen-bond acceptors (Lipinski definition) is 4. The standard InChI is InChI=1S/C15H13Cl2NO3/c1-2-14(19)20-11-7-12(16)15(13(17)8-11)21-10-5-3-9(18)4-6-10/h3-8H,2,18H2,1H3. The molecule has 110 valence electrons. The van der Waals surface area contributed by atoms with Crippen molar-refractivity contribution in [2.24, 2.45) is 0 Å². The summed E-state index contributed by atoms with van der Waals surface area (Å²) in [4.78, 5) is 11.3. The van der Waals surface area contributed by atoms with Crippen molar-refractivity contribution in [1.29, 1.82) is 0 Å². The van der Waals surface area contributed by atoms with E-state index in [4.69, 9.17) is 38.4 Å². The second kappa shape index (κ2) is 6.70. The SMILES string of the molecule is CCC(=O)Oc1cc(Cl)c(Oc2ccc(N)cc2)c(Cl)c1. The third-order valence-electron chi connectivity index (χ3n) is 2.59. The molecule has 0 aliphatic rings. The van der Waals surface area contributed by atoms with Crippen LogP contribution in [-0.2, 0) is 4.79 Å².